The van der Waals surface area contributed by atoms with Gasteiger partial charge in [-0.05, 0) is 34.5 Å². The second-order valence-electron chi connectivity index (χ2n) is 3.18. The molecule has 0 radical (unpaired) electrons. The minimum absolute atomic E-state index is 0.398. The highest BCUT2D eigenvalue weighted by molar-refractivity contribution is 6.17. The van der Waals surface area contributed by atoms with Gasteiger partial charge in [0.25, 0.3) is 0 Å². The minimum Gasteiger partial charge on any atom is -0.366 e. The third-order valence-corrected chi connectivity index (χ3v) is 0.988. The van der Waals surface area contributed by atoms with Crippen molar-refractivity contribution in [2.45, 2.75) is 20.3 Å². The van der Waals surface area contributed by atoms with Crippen LogP contribution in [-0.2, 0) is 4.79 Å². The molecule has 0 aromatic rings. The van der Waals surface area contributed by atoms with E-state index >= 15 is 0 Å². The Morgan fingerprint density at radius 2 is 1.57 bits per heavy atom. The van der Waals surface area contributed by atoms with Crippen LogP contribution in [0.3, 0.4) is 0 Å². The zero-order valence-corrected chi connectivity index (χ0v) is 10.7. The van der Waals surface area contributed by atoms with Gasteiger partial charge in [-0.15, -0.1) is 11.6 Å². The maximum atomic E-state index is 9.82. The first-order chi connectivity index (χ1) is 6.29. The highest BCUT2D eigenvalue weighted by Crippen LogP contribution is 1.78. The maximum absolute atomic E-state index is 9.82. The Morgan fingerprint density at radius 1 is 1.43 bits per heavy atom. The third kappa shape index (κ3) is 63.0. The van der Waals surface area contributed by atoms with E-state index in [2.05, 4.69) is 6.58 Å². The Hall–Kier alpha value is -0.540. The lowest BCUT2D eigenvalue weighted by molar-refractivity contribution is -0.114. The summed E-state index contributed by atoms with van der Waals surface area (Å²) >= 11 is 5.19. The quantitative estimate of drug-likeness (QED) is 0.573. The van der Waals surface area contributed by atoms with Crippen molar-refractivity contribution in [1.29, 1.82) is 0 Å². The number of nitrogens with zero attached hydrogens (tertiary/aromatic N) is 1. The molecular formula is C10H23ClN2O. The first-order valence-electron chi connectivity index (χ1n) is 4.41. The normalized spacial score (nSPS) is 7.93. The molecule has 0 atom stereocenters. The number of hydrogen-bond donors (Lipinski definition) is 1. The summed E-state index contributed by atoms with van der Waals surface area (Å²) < 4.78 is 0. The SMILES string of the molecule is C=C(C)C(N)=O.CCCCl.CN(C)C. The molecule has 2 N–H and O–H groups in total. The molecular weight excluding hydrogens is 200 g/mol. The van der Waals surface area contributed by atoms with E-state index in [-0.39, 0.29) is 0 Å². The summed E-state index contributed by atoms with van der Waals surface area (Å²) in [5.74, 6) is 0.356. The number of amides is 1. The number of halogens is 1. The van der Waals surface area contributed by atoms with Gasteiger partial charge in [0.05, 0.1) is 0 Å². The maximum Gasteiger partial charge on any atom is 0.243 e. The lowest BCUT2D eigenvalue weighted by Gasteiger charge is -1.90. The highest BCUT2D eigenvalue weighted by Gasteiger charge is 1.86. The predicted molar refractivity (Wildman–Crippen MR) is 64.6 cm³/mol. The molecule has 14 heavy (non-hydrogen) atoms. The molecule has 0 aliphatic rings. The van der Waals surface area contributed by atoms with Gasteiger partial charge in [-0.3, -0.25) is 4.79 Å². The summed E-state index contributed by atoms with van der Waals surface area (Å²) in [6.07, 6.45) is 1.08. The number of rotatable bonds is 2. The Labute approximate surface area is 92.9 Å². The molecule has 0 aromatic carbocycles. The molecule has 4 heteroatoms. The topological polar surface area (TPSA) is 46.3 Å². The fourth-order valence-electron chi connectivity index (χ4n) is 0. The van der Waals surface area contributed by atoms with Crippen molar-refractivity contribution >= 4 is 17.5 Å². The highest BCUT2D eigenvalue weighted by atomic mass is 35.5. The first kappa shape index (κ1) is 19.1. The average molecular weight is 223 g/mol. The van der Waals surface area contributed by atoms with Crippen molar-refractivity contribution in [1.82, 2.24) is 4.90 Å². The number of carbonyl (C=O) groups is 1. The van der Waals surface area contributed by atoms with Crippen LogP contribution in [0.25, 0.3) is 0 Å². The fourth-order valence-corrected chi connectivity index (χ4v) is 0. The zero-order chi connectivity index (χ0) is 12.1. The third-order valence-electron chi connectivity index (χ3n) is 0.610. The molecule has 0 spiro atoms. The van der Waals surface area contributed by atoms with E-state index in [1.165, 1.54) is 0 Å². The molecule has 0 fully saturated rings. The Balaban J connectivity index is -0.000000135. The van der Waals surface area contributed by atoms with Crippen LogP contribution in [0.4, 0.5) is 0 Å². The standard InChI is InChI=1S/C4H7NO.C3H7Cl.C3H9N/c1-3(2)4(5)6;1-2-3-4;1-4(2)3/h1H2,2H3,(H2,5,6);2-3H2,1H3;1-3H3. The Kier molecular flexibility index (Phi) is 20.4. The molecule has 0 aromatic heterocycles. The van der Waals surface area contributed by atoms with Crippen molar-refractivity contribution in [3.63, 3.8) is 0 Å². The summed E-state index contributed by atoms with van der Waals surface area (Å²) in [4.78, 5) is 11.8. The fraction of sp³-hybridized carbons (Fsp3) is 0.700. The molecule has 0 unspecified atom stereocenters. The van der Waals surface area contributed by atoms with Crippen LogP contribution >= 0.6 is 11.6 Å². The van der Waals surface area contributed by atoms with Gasteiger partial charge in [0, 0.05) is 11.5 Å². The Morgan fingerprint density at radius 3 is 1.57 bits per heavy atom. The van der Waals surface area contributed by atoms with Crippen LogP contribution < -0.4 is 5.73 Å². The second-order valence-corrected chi connectivity index (χ2v) is 3.55. The Bertz CT molecular complexity index is 130. The minimum atomic E-state index is -0.435. The van der Waals surface area contributed by atoms with Crippen molar-refractivity contribution in [3.05, 3.63) is 12.2 Å². The van der Waals surface area contributed by atoms with E-state index < -0.39 is 5.91 Å². The smallest absolute Gasteiger partial charge is 0.243 e. The summed E-state index contributed by atoms with van der Waals surface area (Å²) in [5.41, 5.74) is 5.09. The number of hydrogen-bond acceptors (Lipinski definition) is 2. The van der Waals surface area contributed by atoms with Crippen molar-refractivity contribution in [3.8, 4) is 0 Å². The predicted octanol–water partition coefficient (Wildman–Crippen LogP) is 1.86. The van der Waals surface area contributed by atoms with Gasteiger partial charge >= 0.3 is 0 Å². The van der Waals surface area contributed by atoms with Gasteiger partial charge in [0.15, 0.2) is 0 Å². The molecule has 1 amide bonds. The lowest BCUT2D eigenvalue weighted by Crippen LogP contribution is -2.10. The van der Waals surface area contributed by atoms with Gasteiger partial charge in [-0.25, -0.2) is 0 Å². The van der Waals surface area contributed by atoms with Crippen LogP contribution in [0.5, 0.6) is 0 Å². The summed E-state index contributed by atoms with van der Waals surface area (Å²) in [7, 11) is 6.00. The zero-order valence-electron chi connectivity index (χ0n) is 9.93. The van der Waals surface area contributed by atoms with Gasteiger partial charge in [-0.2, -0.15) is 0 Å². The van der Waals surface area contributed by atoms with Gasteiger partial charge < -0.3 is 10.6 Å². The molecule has 86 valence electrons. The summed E-state index contributed by atoms with van der Waals surface area (Å²) in [5, 5.41) is 0. The van der Waals surface area contributed by atoms with E-state index in [4.69, 9.17) is 17.3 Å². The van der Waals surface area contributed by atoms with Crippen LogP contribution in [0.1, 0.15) is 20.3 Å². The average Bonchev–Trinajstić information content (AvgIpc) is 2.03. The van der Waals surface area contributed by atoms with E-state index in [1.807, 2.05) is 33.0 Å². The molecule has 0 aliphatic heterocycles. The molecule has 0 heterocycles. The second kappa shape index (κ2) is 15.0. The monoisotopic (exact) mass is 222 g/mol. The van der Waals surface area contributed by atoms with E-state index in [0.717, 1.165) is 12.3 Å². The largest absolute Gasteiger partial charge is 0.366 e. The van der Waals surface area contributed by atoms with Crippen LogP contribution in [0.2, 0.25) is 0 Å². The molecule has 0 bridgehead atoms. The number of alkyl halides is 1. The van der Waals surface area contributed by atoms with Crippen molar-refractivity contribution in [2.75, 3.05) is 27.0 Å². The van der Waals surface area contributed by atoms with Crippen LogP contribution in [0, 0.1) is 0 Å². The van der Waals surface area contributed by atoms with E-state index in [9.17, 15) is 4.79 Å². The van der Waals surface area contributed by atoms with E-state index in [0.29, 0.717) is 5.57 Å². The van der Waals surface area contributed by atoms with Crippen LogP contribution in [0.15, 0.2) is 12.2 Å². The molecule has 3 nitrogen and oxygen atoms in total. The van der Waals surface area contributed by atoms with Gasteiger partial charge in [0.1, 0.15) is 0 Å². The lowest BCUT2D eigenvalue weighted by atomic mass is 10.3. The van der Waals surface area contributed by atoms with Crippen molar-refractivity contribution < 1.29 is 4.79 Å². The summed E-state index contributed by atoms with van der Waals surface area (Å²) in [6.45, 7) is 6.90. The molecule has 0 rings (SSSR count). The van der Waals surface area contributed by atoms with Crippen LogP contribution in [-0.4, -0.2) is 37.8 Å². The number of primary amides is 1. The van der Waals surface area contributed by atoms with Gasteiger partial charge in [-0.1, -0.05) is 13.5 Å². The molecule has 0 saturated heterocycles. The van der Waals surface area contributed by atoms with Crippen molar-refractivity contribution in [2.24, 2.45) is 5.73 Å². The van der Waals surface area contributed by atoms with Gasteiger partial charge in [0.2, 0.25) is 5.91 Å². The number of nitrogens with two attached hydrogens (primary N) is 1. The van der Waals surface area contributed by atoms with E-state index in [1.54, 1.807) is 6.92 Å². The summed E-state index contributed by atoms with van der Waals surface area (Å²) in [6, 6.07) is 0. The number of carbonyl (C=O) groups excluding carboxylic acids is 1. The molecule has 0 aliphatic carbocycles. The first-order valence-corrected chi connectivity index (χ1v) is 4.95. The molecule has 0 saturated carbocycles.